The topological polar surface area (TPSA) is 92.5 Å². The standard InChI is InChI=1S/C13H28N2O2/c14-8-12(16)6-10-2-1-3-11(5-4-10)7-13(17)9-15/h10-13,16-17H,1-9,14-15H2. The van der Waals surface area contributed by atoms with E-state index in [0.29, 0.717) is 24.9 Å². The minimum atomic E-state index is -0.341. The molecule has 0 aromatic carbocycles. The summed E-state index contributed by atoms with van der Waals surface area (Å²) >= 11 is 0. The number of hydrogen-bond donors (Lipinski definition) is 4. The van der Waals surface area contributed by atoms with Crippen LogP contribution >= 0.6 is 0 Å². The molecule has 6 N–H and O–H groups in total. The number of aliphatic hydroxyl groups is 2. The van der Waals surface area contributed by atoms with E-state index in [0.717, 1.165) is 25.7 Å². The van der Waals surface area contributed by atoms with Crippen molar-refractivity contribution in [3.05, 3.63) is 0 Å². The van der Waals surface area contributed by atoms with E-state index in [2.05, 4.69) is 0 Å². The third-order valence-electron chi connectivity index (χ3n) is 3.96. The summed E-state index contributed by atoms with van der Waals surface area (Å²) in [6, 6.07) is 0. The Labute approximate surface area is 104 Å². The van der Waals surface area contributed by atoms with Crippen molar-refractivity contribution in [1.82, 2.24) is 0 Å². The van der Waals surface area contributed by atoms with E-state index in [9.17, 15) is 10.2 Å². The van der Waals surface area contributed by atoms with Gasteiger partial charge in [-0.15, -0.1) is 0 Å². The quantitative estimate of drug-likeness (QED) is 0.515. The SMILES string of the molecule is NCC(O)CC1CCCC(CC(O)CN)CC1. The van der Waals surface area contributed by atoms with Crippen molar-refractivity contribution in [1.29, 1.82) is 0 Å². The monoisotopic (exact) mass is 244 g/mol. The maximum absolute atomic E-state index is 9.57. The van der Waals surface area contributed by atoms with Gasteiger partial charge >= 0.3 is 0 Å². The molecule has 0 heterocycles. The molecule has 1 fully saturated rings. The highest BCUT2D eigenvalue weighted by atomic mass is 16.3. The lowest BCUT2D eigenvalue weighted by Gasteiger charge is -2.19. The first-order chi connectivity index (χ1) is 8.15. The van der Waals surface area contributed by atoms with E-state index in [4.69, 9.17) is 11.5 Å². The van der Waals surface area contributed by atoms with Crippen molar-refractivity contribution < 1.29 is 10.2 Å². The third kappa shape index (κ3) is 5.82. The predicted molar refractivity (Wildman–Crippen MR) is 69.4 cm³/mol. The summed E-state index contributed by atoms with van der Waals surface area (Å²) in [6.45, 7) is 0.734. The van der Waals surface area contributed by atoms with Gasteiger partial charge in [0.25, 0.3) is 0 Å². The van der Waals surface area contributed by atoms with Crippen LogP contribution < -0.4 is 11.5 Å². The van der Waals surface area contributed by atoms with E-state index in [-0.39, 0.29) is 12.2 Å². The molecule has 17 heavy (non-hydrogen) atoms. The van der Waals surface area contributed by atoms with Crippen LogP contribution in [0.4, 0.5) is 0 Å². The Morgan fingerprint density at radius 3 is 1.59 bits per heavy atom. The highest BCUT2D eigenvalue weighted by Crippen LogP contribution is 2.32. The summed E-state index contributed by atoms with van der Waals surface area (Å²) in [7, 11) is 0. The van der Waals surface area contributed by atoms with E-state index >= 15 is 0 Å². The molecular weight excluding hydrogens is 216 g/mol. The Kier molecular flexibility index (Phi) is 7.04. The van der Waals surface area contributed by atoms with Crippen molar-refractivity contribution in [2.45, 2.75) is 57.2 Å². The molecule has 1 saturated carbocycles. The minimum absolute atomic E-state index is 0.341. The molecule has 4 atom stereocenters. The second-order valence-electron chi connectivity index (χ2n) is 5.49. The van der Waals surface area contributed by atoms with Crippen LogP contribution in [0.3, 0.4) is 0 Å². The zero-order valence-corrected chi connectivity index (χ0v) is 10.7. The fourth-order valence-electron chi connectivity index (χ4n) is 2.89. The van der Waals surface area contributed by atoms with Crippen LogP contribution in [-0.4, -0.2) is 35.5 Å². The molecule has 4 nitrogen and oxygen atoms in total. The van der Waals surface area contributed by atoms with Crippen molar-refractivity contribution in [3.8, 4) is 0 Å². The lowest BCUT2D eigenvalue weighted by molar-refractivity contribution is 0.138. The summed E-state index contributed by atoms with van der Waals surface area (Å²) in [6.07, 6.45) is 6.86. The second-order valence-corrected chi connectivity index (χ2v) is 5.49. The van der Waals surface area contributed by atoms with Gasteiger partial charge in [0, 0.05) is 13.1 Å². The van der Waals surface area contributed by atoms with E-state index in [1.54, 1.807) is 0 Å². The van der Waals surface area contributed by atoms with Crippen LogP contribution in [-0.2, 0) is 0 Å². The van der Waals surface area contributed by atoms with Gasteiger partial charge in [0.15, 0.2) is 0 Å². The maximum atomic E-state index is 9.57. The summed E-state index contributed by atoms with van der Waals surface area (Å²) < 4.78 is 0. The molecule has 1 rings (SSSR count). The molecule has 0 aromatic heterocycles. The highest BCUT2D eigenvalue weighted by molar-refractivity contribution is 4.75. The summed E-state index contributed by atoms with van der Waals surface area (Å²) in [4.78, 5) is 0. The molecule has 0 aliphatic heterocycles. The van der Waals surface area contributed by atoms with Gasteiger partial charge in [0.05, 0.1) is 12.2 Å². The third-order valence-corrected chi connectivity index (χ3v) is 3.96. The lowest BCUT2D eigenvalue weighted by atomic mass is 9.91. The van der Waals surface area contributed by atoms with Crippen molar-refractivity contribution in [2.75, 3.05) is 13.1 Å². The zero-order valence-electron chi connectivity index (χ0n) is 10.7. The van der Waals surface area contributed by atoms with E-state index < -0.39 is 0 Å². The van der Waals surface area contributed by atoms with Gasteiger partial charge in [0.2, 0.25) is 0 Å². The summed E-state index contributed by atoms with van der Waals surface area (Å²) in [5, 5.41) is 19.1. The first-order valence-corrected chi connectivity index (χ1v) is 6.92. The zero-order chi connectivity index (χ0) is 12.7. The summed E-state index contributed by atoms with van der Waals surface area (Å²) in [5.74, 6) is 1.21. The van der Waals surface area contributed by atoms with Crippen LogP contribution in [0.1, 0.15) is 44.9 Å². The molecule has 1 aliphatic carbocycles. The molecule has 0 bridgehead atoms. The van der Waals surface area contributed by atoms with Crippen molar-refractivity contribution in [2.24, 2.45) is 23.3 Å². The molecule has 0 aromatic rings. The number of rotatable bonds is 6. The average Bonchev–Trinajstić information content (AvgIpc) is 2.54. The first kappa shape index (κ1) is 14.9. The van der Waals surface area contributed by atoms with Gasteiger partial charge in [-0.3, -0.25) is 0 Å². The Morgan fingerprint density at radius 1 is 0.824 bits per heavy atom. The van der Waals surface area contributed by atoms with Gasteiger partial charge in [0.1, 0.15) is 0 Å². The summed E-state index contributed by atoms with van der Waals surface area (Å²) in [5.41, 5.74) is 10.9. The van der Waals surface area contributed by atoms with Gasteiger partial charge in [-0.05, 0) is 24.7 Å². The molecule has 102 valence electrons. The minimum Gasteiger partial charge on any atom is -0.392 e. The van der Waals surface area contributed by atoms with E-state index in [1.807, 2.05) is 0 Å². The normalized spacial score (nSPS) is 29.6. The Bertz CT molecular complexity index is 182. The fourth-order valence-corrected chi connectivity index (χ4v) is 2.89. The second kappa shape index (κ2) is 8.03. The molecule has 4 unspecified atom stereocenters. The Hall–Kier alpha value is -0.160. The molecule has 0 spiro atoms. The number of aliphatic hydroxyl groups excluding tert-OH is 2. The molecule has 0 radical (unpaired) electrons. The van der Waals surface area contributed by atoms with Gasteiger partial charge in [-0.2, -0.15) is 0 Å². The van der Waals surface area contributed by atoms with Gasteiger partial charge < -0.3 is 21.7 Å². The Morgan fingerprint density at radius 2 is 1.24 bits per heavy atom. The van der Waals surface area contributed by atoms with Gasteiger partial charge in [-0.25, -0.2) is 0 Å². The van der Waals surface area contributed by atoms with Crippen molar-refractivity contribution in [3.63, 3.8) is 0 Å². The van der Waals surface area contributed by atoms with Crippen LogP contribution in [0.5, 0.6) is 0 Å². The fraction of sp³-hybridized carbons (Fsp3) is 1.00. The van der Waals surface area contributed by atoms with Crippen molar-refractivity contribution >= 4 is 0 Å². The Balaban J connectivity index is 2.29. The molecule has 4 heteroatoms. The largest absolute Gasteiger partial charge is 0.392 e. The molecular formula is C13H28N2O2. The molecule has 1 aliphatic rings. The highest BCUT2D eigenvalue weighted by Gasteiger charge is 2.22. The van der Waals surface area contributed by atoms with Crippen LogP contribution in [0, 0.1) is 11.8 Å². The van der Waals surface area contributed by atoms with Crippen LogP contribution in [0.25, 0.3) is 0 Å². The predicted octanol–water partition coefficient (Wildman–Crippen LogP) is 0.602. The van der Waals surface area contributed by atoms with Gasteiger partial charge in [-0.1, -0.05) is 32.1 Å². The number of hydrogen-bond acceptors (Lipinski definition) is 4. The molecule has 0 amide bonds. The first-order valence-electron chi connectivity index (χ1n) is 6.92. The molecule has 0 saturated heterocycles. The average molecular weight is 244 g/mol. The number of nitrogens with two attached hydrogens (primary N) is 2. The lowest BCUT2D eigenvalue weighted by Crippen LogP contribution is -2.23. The van der Waals surface area contributed by atoms with Crippen LogP contribution in [0.15, 0.2) is 0 Å². The van der Waals surface area contributed by atoms with E-state index in [1.165, 1.54) is 19.3 Å². The van der Waals surface area contributed by atoms with Crippen LogP contribution in [0.2, 0.25) is 0 Å². The maximum Gasteiger partial charge on any atom is 0.0665 e. The smallest absolute Gasteiger partial charge is 0.0665 e.